The molecule has 1 atom stereocenters. The Labute approximate surface area is 109 Å². The molecule has 0 radical (unpaired) electrons. The van der Waals surface area contributed by atoms with Gasteiger partial charge in [-0.15, -0.1) is 0 Å². The lowest BCUT2D eigenvalue weighted by Gasteiger charge is -2.22. The van der Waals surface area contributed by atoms with E-state index in [1.54, 1.807) is 6.92 Å². The highest BCUT2D eigenvalue weighted by molar-refractivity contribution is 5.82. The van der Waals surface area contributed by atoms with Crippen molar-refractivity contribution >= 4 is 11.9 Å². The Hall–Kier alpha value is -1.31. The van der Waals surface area contributed by atoms with Crippen molar-refractivity contribution in [1.82, 2.24) is 10.2 Å². The van der Waals surface area contributed by atoms with Gasteiger partial charge in [0.15, 0.2) is 0 Å². The Kier molecular flexibility index (Phi) is 4.78. The van der Waals surface area contributed by atoms with Crippen molar-refractivity contribution in [3.05, 3.63) is 0 Å². The Bertz CT molecular complexity index is 360. The number of hydrogen-bond acceptors (Lipinski definition) is 4. The summed E-state index contributed by atoms with van der Waals surface area (Å²) in [4.78, 5) is 24.6. The van der Waals surface area contributed by atoms with E-state index in [1.807, 2.05) is 5.32 Å². The van der Waals surface area contributed by atoms with Crippen LogP contribution in [0.1, 0.15) is 13.3 Å². The lowest BCUT2D eigenvalue weighted by atomic mass is 9.90. The molecule has 1 saturated heterocycles. The number of rotatable bonds is 4. The summed E-state index contributed by atoms with van der Waals surface area (Å²) in [5.74, 6) is -0.858. The fourth-order valence-electron chi connectivity index (χ4n) is 2.01. The highest BCUT2D eigenvalue weighted by Gasteiger charge is 2.42. The predicted molar refractivity (Wildman–Crippen MR) is 60.2 cm³/mol. The first-order valence-electron chi connectivity index (χ1n) is 5.81. The SMILES string of the molecule is COC(=O)[C@@]1(C)CCN(C(=O)CNCC(F)(F)F)C1. The van der Waals surface area contributed by atoms with E-state index in [0.717, 1.165) is 0 Å². The van der Waals surface area contributed by atoms with Gasteiger partial charge in [-0.2, -0.15) is 13.2 Å². The number of nitrogens with one attached hydrogen (secondary N) is 1. The molecule has 19 heavy (non-hydrogen) atoms. The average molecular weight is 282 g/mol. The third-order valence-corrected chi connectivity index (χ3v) is 3.11. The summed E-state index contributed by atoms with van der Waals surface area (Å²) < 4.78 is 40.4. The number of alkyl halides is 3. The quantitative estimate of drug-likeness (QED) is 0.765. The number of carbonyl (C=O) groups is 2. The molecule has 0 aliphatic carbocycles. The summed E-state index contributed by atoms with van der Waals surface area (Å²) in [7, 11) is 1.27. The first kappa shape index (κ1) is 15.7. The second-order valence-corrected chi connectivity index (χ2v) is 4.84. The molecule has 1 fully saturated rings. The molecule has 1 amide bonds. The molecule has 1 N–H and O–H groups in total. The van der Waals surface area contributed by atoms with Crippen LogP contribution < -0.4 is 5.32 Å². The topological polar surface area (TPSA) is 58.6 Å². The minimum Gasteiger partial charge on any atom is -0.469 e. The van der Waals surface area contributed by atoms with Gasteiger partial charge in [0.1, 0.15) is 0 Å². The minimum atomic E-state index is -4.34. The van der Waals surface area contributed by atoms with Crippen LogP contribution in [0.5, 0.6) is 0 Å². The molecule has 0 spiro atoms. The Balaban J connectivity index is 2.42. The fraction of sp³-hybridized carbons (Fsp3) is 0.818. The normalized spacial score (nSPS) is 23.5. The molecule has 0 aromatic carbocycles. The molecular formula is C11H17F3N2O3. The van der Waals surface area contributed by atoms with Crippen molar-refractivity contribution in [2.45, 2.75) is 19.5 Å². The summed E-state index contributed by atoms with van der Waals surface area (Å²) in [6, 6.07) is 0. The van der Waals surface area contributed by atoms with Crippen LogP contribution in [0.3, 0.4) is 0 Å². The van der Waals surface area contributed by atoms with E-state index < -0.39 is 36.6 Å². The van der Waals surface area contributed by atoms with Gasteiger partial charge >= 0.3 is 12.1 Å². The molecule has 8 heteroatoms. The lowest BCUT2D eigenvalue weighted by Crippen LogP contribution is -2.41. The smallest absolute Gasteiger partial charge is 0.401 e. The Morgan fingerprint density at radius 1 is 1.42 bits per heavy atom. The van der Waals surface area contributed by atoms with Crippen molar-refractivity contribution in [1.29, 1.82) is 0 Å². The van der Waals surface area contributed by atoms with Gasteiger partial charge < -0.3 is 15.0 Å². The van der Waals surface area contributed by atoms with E-state index in [9.17, 15) is 22.8 Å². The number of halogens is 3. The number of hydrogen-bond donors (Lipinski definition) is 1. The van der Waals surface area contributed by atoms with E-state index in [2.05, 4.69) is 4.74 Å². The monoisotopic (exact) mass is 282 g/mol. The van der Waals surface area contributed by atoms with Gasteiger partial charge in [0.2, 0.25) is 5.91 Å². The zero-order valence-corrected chi connectivity index (χ0v) is 10.8. The van der Waals surface area contributed by atoms with Crippen LogP contribution in [0.25, 0.3) is 0 Å². The van der Waals surface area contributed by atoms with E-state index in [1.165, 1.54) is 12.0 Å². The second kappa shape index (κ2) is 5.77. The molecule has 110 valence electrons. The van der Waals surface area contributed by atoms with Crippen LogP contribution >= 0.6 is 0 Å². The molecule has 1 rings (SSSR count). The maximum Gasteiger partial charge on any atom is 0.401 e. The van der Waals surface area contributed by atoms with E-state index >= 15 is 0 Å². The van der Waals surface area contributed by atoms with Gasteiger partial charge in [-0.1, -0.05) is 0 Å². The maximum absolute atomic E-state index is 11.9. The number of carbonyl (C=O) groups excluding carboxylic acids is 2. The van der Waals surface area contributed by atoms with Crippen molar-refractivity contribution in [3.63, 3.8) is 0 Å². The zero-order valence-electron chi connectivity index (χ0n) is 10.8. The van der Waals surface area contributed by atoms with E-state index in [4.69, 9.17) is 0 Å². The summed E-state index contributed by atoms with van der Waals surface area (Å²) in [6.45, 7) is 0.594. The number of methoxy groups -OCH3 is 1. The third kappa shape index (κ3) is 4.38. The minimum absolute atomic E-state index is 0.173. The summed E-state index contributed by atoms with van der Waals surface area (Å²) >= 11 is 0. The van der Waals surface area contributed by atoms with Crippen LogP contribution in [0.4, 0.5) is 13.2 Å². The molecule has 1 heterocycles. The Morgan fingerprint density at radius 2 is 2.05 bits per heavy atom. The standard InChI is InChI=1S/C11H17F3N2O3/c1-10(9(18)19-2)3-4-16(7-10)8(17)5-15-6-11(12,13)14/h15H,3-7H2,1-2H3/t10-/m0/s1. The van der Waals surface area contributed by atoms with Crippen LogP contribution in [-0.2, 0) is 14.3 Å². The molecular weight excluding hydrogens is 265 g/mol. The average Bonchev–Trinajstić information content (AvgIpc) is 2.70. The second-order valence-electron chi connectivity index (χ2n) is 4.84. The fourth-order valence-corrected chi connectivity index (χ4v) is 2.01. The van der Waals surface area contributed by atoms with Gasteiger partial charge in [0, 0.05) is 13.1 Å². The molecule has 0 saturated carbocycles. The number of esters is 1. The number of likely N-dealkylation sites (tertiary alicyclic amines) is 1. The van der Waals surface area contributed by atoms with Gasteiger partial charge in [0.25, 0.3) is 0 Å². The number of amides is 1. The van der Waals surface area contributed by atoms with Crippen LogP contribution in [0.15, 0.2) is 0 Å². The highest BCUT2D eigenvalue weighted by Crippen LogP contribution is 2.31. The number of ether oxygens (including phenoxy) is 1. The van der Waals surface area contributed by atoms with Crippen LogP contribution in [-0.4, -0.2) is 56.2 Å². The van der Waals surface area contributed by atoms with Gasteiger partial charge in [-0.3, -0.25) is 9.59 Å². The molecule has 0 aromatic rings. The van der Waals surface area contributed by atoms with Crippen LogP contribution in [0.2, 0.25) is 0 Å². The predicted octanol–water partition coefficient (Wildman–Crippen LogP) is 0.550. The highest BCUT2D eigenvalue weighted by atomic mass is 19.4. The molecule has 0 bridgehead atoms. The largest absolute Gasteiger partial charge is 0.469 e. The molecule has 0 aromatic heterocycles. The molecule has 1 aliphatic rings. The van der Waals surface area contributed by atoms with Crippen LogP contribution in [0, 0.1) is 5.41 Å². The Morgan fingerprint density at radius 3 is 2.58 bits per heavy atom. The lowest BCUT2D eigenvalue weighted by molar-refractivity contribution is -0.151. The molecule has 0 unspecified atom stereocenters. The first-order valence-corrected chi connectivity index (χ1v) is 5.81. The van der Waals surface area contributed by atoms with Crippen molar-refractivity contribution in [3.8, 4) is 0 Å². The molecule has 1 aliphatic heterocycles. The summed E-state index contributed by atoms with van der Waals surface area (Å²) in [5.41, 5.74) is -0.769. The van der Waals surface area contributed by atoms with Crippen molar-refractivity contribution in [2.24, 2.45) is 5.41 Å². The van der Waals surface area contributed by atoms with E-state index in [-0.39, 0.29) is 6.54 Å². The maximum atomic E-state index is 11.9. The van der Waals surface area contributed by atoms with Gasteiger partial charge in [0.05, 0.1) is 25.6 Å². The third-order valence-electron chi connectivity index (χ3n) is 3.11. The zero-order chi connectivity index (χ0) is 14.7. The van der Waals surface area contributed by atoms with Crippen molar-refractivity contribution in [2.75, 3.05) is 33.3 Å². The van der Waals surface area contributed by atoms with Crippen molar-refractivity contribution < 1.29 is 27.5 Å². The summed E-state index contributed by atoms with van der Waals surface area (Å²) in [5, 5.41) is 2.04. The van der Waals surface area contributed by atoms with Gasteiger partial charge in [-0.25, -0.2) is 0 Å². The molecule has 5 nitrogen and oxygen atoms in total. The summed E-state index contributed by atoms with van der Waals surface area (Å²) in [6.07, 6.45) is -3.89. The van der Waals surface area contributed by atoms with E-state index in [0.29, 0.717) is 13.0 Å². The first-order chi connectivity index (χ1) is 8.68. The number of nitrogens with zero attached hydrogens (tertiary/aromatic N) is 1. The van der Waals surface area contributed by atoms with Gasteiger partial charge in [-0.05, 0) is 13.3 Å².